The van der Waals surface area contributed by atoms with Crippen LogP contribution in [0.25, 0.3) is 0 Å². The van der Waals surface area contributed by atoms with E-state index in [9.17, 15) is 9.59 Å². The van der Waals surface area contributed by atoms with Crippen LogP contribution >= 0.6 is 15.9 Å². The van der Waals surface area contributed by atoms with E-state index in [1.807, 2.05) is 24.3 Å². The number of hydrogen-bond acceptors (Lipinski definition) is 4. The number of benzene rings is 1. The third-order valence-electron chi connectivity index (χ3n) is 2.52. The van der Waals surface area contributed by atoms with Gasteiger partial charge in [0, 0.05) is 18.1 Å². The van der Waals surface area contributed by atoms with Crippen LogP contribution in [-0.2, 0) is 20.9 Å². The molecule has 0 spiro atoms. The molecule has 0 aromatic heterocycles. The van der Waals surface area contributed by atoms with Crippen LogP contribution in [0.5, 0.6) is 0 Å². The molecule has 1 atom stereocenters. The van der Waals surface area contributed by atoms with Gasteiger partial charge in [-0.25, -0.2) is 4.79 Å². The van der Waals surface area contributed by atoms with Crippen LogP contribution in [0.1, 0.15) is 12.5 Å². The summed E-state index contributed by atoms with van der Waals surface area (Å²) >= 11 is 3.34. The Morgan fingerprint density at radius 1 is 1.37 bits per heavy atom. The van der Waals surface area contributed by atoms with E-state index < -0.39 is 17.9 Å². The second kappa shape index (κ2) is 7.25. The van der Waals surface area contributed by atoms with E-state index in [-0.39, 0.29) is 6.61 Å². The number of ether oxygens (including phenoxy) is 1. The molecule has 104 valence electrons. The molecule has 2 N–H and O–H groups in total. The zero-order valence-corrected chi connectivity index (χ0v) is 12.5. The lowest BCUT2D eigenvalue weighted by Gasteiger charge is -2.20. The summed E-state index contributed by atoms with van der Waals surface area (Å²) in [6, 6.07) is 6.30. The third-order valence-corrected chi connectivity index (χ3v) is 3.04. The minimum atomic E-state index is -1.26. The first-order valence-electron chi connectivity index (χ1n) is 5.87. The summed E-state index contributed by atoms with van der Waals surface area (Å²) in [5.41, 5.74) is 6.51. The van der Waals surface area contributed by atoms with E-state index in [2.05, 4.69) is 15.9 Å². The molecular formula is C13H17BrN2O3. The Kier molecular flexibility index (Phi) is 5.98. The molecule has 19 heavy (non-hydrogen) atoms. The lowest BCUT2D eigenvalue weighted by atomic mass is 10.2. The number of nitrogens with two attached hydrogens (primary N) is 1. The second-order valence-electron chi connectivity index (χ2n) is 4.05. The Morgan fingerprint density at radius 2 is 1.95 bits per heavy atom. The van der Waals surface area contributed by atoms with Crippen molar-refractivity contribution in [3.05, 3.63) is 34.3 Å². The lowest BCUT2D eigenvalue weighted by molar-refractivity contribution is -0.150. The zero-order valence-electron chi connectivity index (χ0n) is 10.9. The fourth-order valence-electron chi connectivity index (χ4n) is 1.51. The Labute approximate surface area is 120 Å². The molecule has 0 aliphatic rings. The molecule has 0 bridgehead atoms. The maximum atomic E-state index is 11.9. The Hall–Kier alpha value is -1.40. The first-order chi connectivity index (χ1) is 8.95. The SMILES string of the molecule is CCOC(=O)C(N)C(=O)N(C)Cc1ccc(Br)cc1. The molecule has 0 saturated carbocycles. The summed E-state index contributed by atoms with van der Waals surface area (Å²) in [7, 11) is 1.60. The van der Waals surface area contributed by atoms with Crippen molar-refractivity contribution in [1.29, 1.82) is 0 Å². The maximum absolute atomic E-state index is 11.9. The Bertz CT molecular complexity index is 448. The van der Waals surface area contributed by atoms with E-state index in [0.29, 0.717) is 6.54 Å². The Balaban J connectivity index is 2.62. The summed E-state index contributed by atoms with van der Waals surface area (Å²) in [4.78, 5) is 24.7. The predicted octanol–water partition coefficient (Wildman–Crippen LogP) is 1.30. The summed E-state index contributed by atoms with van der Waals surface area (Å²) in [5, 5.41) is 0. The maximum Gasteiger partial charge on any atom is 0.332 e. The van der Waals surface area contributed by atoms with Gasteiger partial charge in [0.2, 0.25) is 0 Å². The summed E-state index contributed by atoms with van der Waals surface area (Å²) in [5.74, 6) is -1.16. The van der Waals surface area contributed by atoms with Crippen molar-refractivity contribution < 1.29 is 14.3 Å². The molecule has 1 amide bonds. The molecule has 0 fully saturated rings. The highest BCUT2D eigenvalue weighted by molar-refractivity contribution is 9.10. The molecule has 5 nitrogen and oxygen atoms in total. The van der Waals surface area contributed by atoms with Gasteiger partial charge in [-0.2, -0.15) is 0 Å². The van der Waals surface area contributed by atoms with Gasteiger partial charge < -0.3 is 15.4 Å². The molecule has 0 radical (unpaired) electrons. The van der Waals surface area contributed by atoms with Gasteiger partial charge in [-0.3, -0.25) is 4.79 Å². The molecule has 1 aromatic rings. The van der Waals surface area contributed by atoms with Crippen molar-refractivity contribution >= 4 is 27.8 Å². The topological polar surface area (TPSA) is 72.6 Å². The molecule has 0 aliphatic heterocycles. The van der Waals surface area contributed by atoms with Crippen LogP contribution < -0.4 is 5.73 Å². The fourth-order valence-corrected chi connectivity index (χ4v) is 1.78. The molecule has 1 aromatic carbocycles. The van der Waals surface area contributed by atoms with Crippen LogP contribution in [-0.4, -0.2) is 36.5 Å². The number of esters is 1. The molecule has 1 unspecified atom stereocenters. The van der Waals surface area contributed by atoms with Gasteiger partial charge in [0.05, 0.1) is 6.61 Å². The number of hydrogen-bond donors (Lipinski definition) is 1. The molecular weight excluding hydrogens is 312 g/mol. The standard InChI is InChI=1S/C13H17BrN2O3/c1-3-19-13(18)11(15)12(17)16(2)8-9-4-6-10(14)7-5-9/h4-7,11H,3,8,15H2,1-2H3. The van der Waals surface area contributed by atoms with Crippen molar-refractivity contribution in [3.8, 4) is 0 Å². The highest BCUT2D eigenvalue weighted by Gasteiger charge is 2.26. The van der Waals surface area contributed by atoms with E-state index in [1.165, 1.54) is 4.90 Å². The third kappa shape index (κ3) is 4.65. The lowest BCUT2D eigenvalue weighted by Crippen LogP contribution is -2.47. The first-order valence-corrected chi connectivity index (χ1v) is 6.66. The monoisotopic (exact) mass is 328 g/mol. The predicted molar refractivity (Wildman–Crippen MR) is 75.2 cm³/mol. The average molecular weight is 329 g/mol. The minimum Gasteiger partial charge on any atom is -0.464 e. The number of halogens is 1. The van der Waals surface area contributed by atoms with Crippen LogP contribution in [0.4, 0.5) is 0 Å². The van der Waals surface area contributed by atoms with E-state index in [0.717, 1.165) is 10.0 Å². The molecule has 0 saturated heterocycles. The largest absolute Gasteiger partial charge is 0.464 e. The van der Waals surface area contributed by atoms with E-state index >= 15 is 0 Å². The molecule has 0 aliphatic carbocycles. The number of likely N-dealkylation sites (N-methyl/N-ethyl adjacent to an activating group) is 1. The molecule has 0 heterocycles. The van der Waals surface area contributed by atoms with Gasteiger partial charge in [-0.15, -0.1) is 0 Å². The first kappa shape index (κ1) is 15.7. The van der Waals surface area contributed by atoms with Crippen LogP contribution in [0, 0.1) is 0 Å². The second-order valence-corrected chi connectivity index (χ2v) is 4.97. The van der Waals surface area contributed by atoms with Crippen molar-refractivity contribution in [2.45, 2.75) is 19.5 Å². The van der Waals surface area contributed by atoms with Crippen molar-refractivity contribution in [3.63, 3.8) is 0 Å². The number of rotatable bonds is 5. The summed E-state index contributed by atoms with van der Waals surface area (Å²) in [6.45, 7) is 2.26. The van der Waals surface area contributed by atoms with Crippen LogP contribution in [0.3, 0.4) is 0 Å². The van der Waals surface area contributed by atoms with Crippen molar-refractivity contribution in [2.75, 3.05) is 13.7 Å². The van der Waals surface area contributed by atoms with Gasteiger partial charge in [-0.05, 0) is 24.6 Å². The molecule has 6 heteroatoms. The van der Waals surface area contributed by atoms with Gasteiger partial charge in [0.15, 0.2) is 6.04 Å². The van der Waals surface area contributed by atoms with Gasteiger partial charge in [0.25, 0.3) is 5.91 Å². The van der Waals surface area contributed by atoms with Crippen LogP contribution in [0.2, 0.25) is 0 Å². The highest BCUT2D eigenvalue weighted by Crippen LogP contribution is 2.12. The highest BCUT2D eigenvalue weighted by atomic mass is 79.9. The average Bonchev–Trinajstić information content (AvgIpc) is 2.39. The number of nitrogens with zero attached hydrogens (tertiary/aromatic N) is 1. The minimum absolute atomic E-state index is 0.205. The van der Waals surface area contributed by atoms with E-state index in [1.54, 1.807) is 14.0 Å². The number of amides is 1. The zero-order chi connectivity index (χ0) is 14.4. The number of carbonyl (C=O) groups excluding carboxylic acids is 2. The summed E-state index contributed by atoms with van der Waals surface area (Å²) in [6.07, 6.45) is 0. The van der Waals surface area contributed by atoms with Gasteiger partial charge in [0.1, 0.15) is 0 Å². The Morgan fingerprint density at radius 3 is 2.47 bits per heavy atom. The smallest absolute Gasteiger partial charge is 0.332 e. The van der Waals surface area contributed by atoms with Gasteiger partial charge in [-0.1, -0.05) is 28.1 Å². The fraction of sp³-hybridized carbons (Fsp3) is 0.385. The van der Waals surface area contributed by atoms with E-state index in [4.69, 9.17) is 10.5 Å². The normalized spacial score (nSPS) is 11.8. The van der Waals surface area contributed by atoms with Crippen molar-refractivity contribution in [2.24, 2.45) is 5.73 Å². The van der Waals surface area contributed by atoms with Crippen LogP contribution in [0.15, 0.2) is 28.7 Å². The summed E-state index contributed by atoms with van der Waals surface area (Å²) < 4.78 is 5.69. The number of carbonyl (C=O) groups is 2. The van der Waals surface area contributed by atoms with Crippen molar-refractivity contribution in [1.82, 2.24) is 4.90 Å². The molecule has 1 rings (SSSR count). The van der Waals surface area contributed by atoms with Gasteiger partial charge >= 0.3 is 5.97 Å². The quantitative estimate of drug-likeness (QED) is 0.653.